The van der Waals surface area contributed by atoms with Crippen molar-refractivity contribution in [3.8, 4) is 11.1 Å². The number of nitrogens with zero attached hydrogens (tertiary/aromatic N) is 1. The lowest BCUT2D eigenvalue weighted by molar-refractivity contribution is -0.138. The second-order valence-electron chi connectivity index (χ2n) is 7.89. The number of pyridine rings is 1. The summed E-state index contributed by atoms with van der Waals surface area (Å²) in [6, 6.07) is 12.7. The van der Waals surface area contributed by atoms with Gasteiger partial charge in [0.05, 0.1) is 18.1 Å². The van der Waals surface area contributed by atoms with Crippen LogP contribution in [0.15, 0.2) is 48.8 Å². The van der Waals surface area contributed by atoms with Crippen molar-refractivity contribution in [1.82, 2.24) is 10.3 Å². The summed E-state index contributed by atoms with van der Waals surface area (Å²) in [5, 5.41) is 3.27. The minimum atomic E-state index is -0.410. The van der Waals surface area contributed by atoms with Crippen molar-refractivity contribution in [3.63, 3.8) is 0 Å². The molecule has 1 aromatic heterocycles. The van der Waals surface area contributed by atoms with E-state index in [1.807, 2.05) is 24.5 Å². The van der Waals surface area contributed by atoms with E-state index in [4.69, 9.17) is 9.47 Å². The number of nitrogens with one attached hydrogen (secondary N) is 1. The van der Waals surface area contributed by atoms with Gasteiger partial charge in [0.15, 0.2) is 0 Å². The molecule has 3 heterocycles. The first-order chi connectivity index (χ1) is 13.8. The summed E-state index contributed by atoms with van der Waals surface area (Å²) in [7, 11) is 0. The number of amides is 1. The third-order valence-electron chi connectivity index (χ3n) is 5.91. The van der Waals surface area contributed by atoms with Crippen molar-refractivity contribution in [2.75, 3.05) is 26.4 Å². The summed E-state index contributed by atoms with van der Waals surface area (Å²) in [4.78, 5) is 17.4. The first-order valence-electron chi connectivity index (χ1n) is 10.2. The van der Waals surface area contributed by atoms with Crippen LogP contribution in [0.25, 0.3) is 11.1 Å². The molecule has 4 rings (SSSR count). The Bertz CT molecular complexity index is 781. The molecule has 0 saturated carbocycles. The molecular formula is C23H28N2O3. The van der Waals surface area contributed by atoms with Crippen LogP contribution in [0.5, 0.6) is 0 Å². The Morgan fingerprint density at radius 2 is 1.89 bits per heavy atom. The molecule has 1 unspecified atom stereocenters. The van der Waals surface area contributed by atoms with Crippen LogP contribution < -0.4 is 5.32 Å². The van der Waals surface area contributed by atoms with Gasteiger partial charge in [-0.3, -0.25) is 9.78 Å². The first-order valence-corrected chi connectivity index (χ1v) is 10.2. The summed E-state index contributed by atoms with van der Waals surface area (Å²) in [5.41, 5.74) is 3.07. The Hall–Kier alpha value is -2.24. The monoisotopic (exact) mass is 380 g/mol. The maximum Gasteiger partial charge on any atom is 0.227 e. The maximum atomic E-state index is 13.3. The predicted molar refractivity (Wildman–Crippen MR) is 108 cm³/mol. The van der Waals surface area contributed by atoms with Crippen LogP contribution >= 0.6 is 0 Å². The van der Waals surface area contributed by atoms with Crippen LogP contribution in [0.4, 0.5) is 0 Å². The Morgan fingerprint density at radius 3 is 2.64 bits per heavy atom. The number of benzene rings is 1. The van der Waals surface area contributed by atoms with E-state index < -0.39 is 5.41 Å². The molecule has 2 aliphatic heterocycles. The lowest BCUT2D eigenvalue weighted by Crippen LogP contribution is -2.51. The lowest BCUT2D eigenvalue weighted by Gasteiger charge is -2.37. The standard InChI is InChI=1S/C23H28N2O3/c26-22(25-21-5-2-12-28-17-21)23(8-13-27-14-9-23)16-18-3-1-4-20(15-18)19-6-10-24-11-7-19/h1,3-4,6-7,10-11,15,21H,2,5,8-9,12-14,16-17H2,(H,25,26). The summed E-state index contributed by atoms with van der Waals surface area (Å²) in [6.07, 6.45) is 7.86. The molecule has 0 aliphatic carbocycles. The topological polar surface area (TPSA) is 60.5 Å². The average Bonchev–Trinajstić information content (AvgIpc) is 2.76. The van der Waals surface area contributed by atoms with E-state index in [1.165, 1.54) is 5.56 Å². The highest BCUT2D eigenvalue weighted by Gasteiger charge is 2.41. The molecule has 5 nitrogen and oxygen atoms in total. The van der Waals surface area contributed by atoms with E-state index in [1.54, 1.807) is 0 Å². The van der Waals surface area contributed by atoms with Gasteiger partial charge < -0.3 is 14.8 Å². The second kappa shape index (κ2) is 8.84. The van der Waals surface area contributed by atoms with Gasteiger partial charge in [0.1, 0.15) is 0 Å². The highest BCUT2D eigenvalue weighted by Crippen LogP contribution is 2.36. The molecular weight excluding hydrogens is 352 g/mol. The van der Waals surface area contributed by atoms with Crippen molar-refractivity contribution in [2.24, 2.45) is 5.41 Å². The molecule has 148 valence electrons. The van der Waals surface area contributed by atoms with Crippen molar-refractivity contribution in [3.05, 3.63) is 54.4 Å². The minimum absolute atomic E-state index is 0.129. The Balaban J connectivity index is 1.54. The Kier molecular flexibility index (Phi) is 6.03. The smallest absolute Gasteiger partial charge is 0.227 e. The fourth-order valence-corrected chi connectivity index (χ4v) is 4.24. The Morgan fingerprint density at radius 1 is 1.07 bits per heavy atom. The molecule has 1 aromatic carbocycles. The maximum absolute atomic E-state index is 13.3. The first kappa shape index (κ1) is 19.1. The van der Waals surface area contributed by atoms with Crippen LogP contribution in [0, 0.1) is 5.41 Å². The van der Waals surface area contributed by atoms with Crippen molar-refractivity contribution in [2.45, 2.75) is 38.1 Å². The molecule has 1 amide bonds. The fourth-order valence-electron chi connectivity index (χ4n) is 4.24. The van der Waals surface area contributed by atoms with Gasteiger partial charge in [-0.2, -0.15) is 0 Å². The van der Waals surface area contributed by atoms with Crippen molar-refractivity contribution in [1.29, 1.82) is 0 Å². The molecule has 0 radical (unpaired) electrons. The van der Waals surface area contributed by atoms with Gasteiger partial charge in [0.25, 0.3) is 0 Å². The quantitative estimate of drug-likeness (QED) is 0.864. The third kappa shape index (κ3) is 4.42. The SMILES string of the molecule is O=C(NC1CCCOC1)C1(Cc2cccc(-c3ccncc3)c2)CCOCC1. The van der Waals surface area contributed by atoms with Crippen LogP contribution in [-0.2, 0) is 20.7 Å². The highest BCUT2D eigenvalue weighted by molar-refractivity contribution is 5.83. The van der Waals surface area contributed by atoms with Gasteiger partial charge in [-0.05, 0) is 60.9 Å². The summed E-state index contributed by atoms with van der Waals surface area (Å²) in [5.74, 6) is 0.153. The third-order valence-corrected chi connectivity index (χ3v) is 5.91. The number of carbonyl (C=O) groups is 1. The van der Waals surface area contributed by atoms with E-state index in [-0.39, 0.29) is 11.9 Å². The number of aromatic nitrogens is 1. The van der Waals surface area contributed by atoms with Gasteiger partial charge in [-0.25, -0.2) is 0 Å². The van der Waals surface area contributed by atoms with Crippen LogP contribution in [0.1, 0.15) is 31.2 Å². The lowest BCUT2D eigenvalue weighted by atomic mass is 9.74. The van der Waals surface area contributed by atoms with E-state index >= 15 is 0 Å². The molecule has 2 saturated heterocycles. The zero-order valence-electron chi connectivity index (χ0n) is 16.2. The van der Waals surface area contributed by atoms with Gasteiger partial charge in [-0.1, -0.05) is 24.3 Å². The zero-order chi connectivity index (χ0) is 19.2. The van der Waals surface area contributed by atoms with Crippen molar-refractivity contribution >= 4 is 5.91 Å². The second-order valence-corrected chi connectivity index (χ2v) is 7.89. The summed E-state index contributed by atoms with van der Waals surface area (Å²) < 4.78 is 11.1. The molecule has 2 aliphatic rings. The molecule has 0 spiro atoms. The van der Waals surface area contributed by atoms with E-state index in [2.05, 4.69) is 34.6 Å². The van der Waals surface area contributed by atoms with Gasteiger partial charge >= 0.3 is 0 Å². The average molecular weight is 380 g/mol. The van der Waals surface area contributed by atoms with Gasteiger partial charge in [0, 0.05) is 32.2 Å². The van der Waals surface area contributed by atoms with Gasteiger partial charge in [0.2, 0.25) is 5.91 Å². The van der Waals surface area contributed by atoms with E-state index in [0.29, 0.717) is 19.8 Å². The van der Waals surface area contributed by atoms with Crippen LogP contribution in [-0.4, -0.2) is 43.4 Å². The largest absolute Gasteiger partial charge is 0.381 e. The number of hydrogen-bond donors (Lipinski definition) is 1. The number of rotatable bonds is 5. The van der Waals surface area contributed by atoms with E-state index in [9.17, 15) is 4.79 Å². The minimum Gasteiger partial charge on any atom is -0.381 e. The van der Waals surface area contributed by atoms with Crippen LogP contribution in [0.2, 0.25) is 0 Å². The predicted octanol–water partition coefficient (Wildman–Crippen LogP) is 3.38. The molecule has 1 N–H and O–H groups in total. The molecule has 2 aromatic rings. The Labute approximate surface area is 166 Å². The normalized spacial score (nSPS) is 21.8. The number of carbonyl (C=O) groups excluding carboxylic acids is 1. The summed E-state index contributed by atoms with van der Waals surface area (Å²) >= 11 is 0. The molecule has 1 atom stereocenters. The number of hydrogen-bond acceptors (Lipinski definition) is 4. The highest BCUT2D eigenvalue weighted by atomic mass is 16.5. The van der Waals surface area contributed by atoms with Crippen molar-refractivity contribution < 1.29 is 14.3 Å². The van der Waals surface area contributed by atoms with E-state index in [0.717, 1.165) is 49.8 Å². The fraction of sp³-hybridized carbons (Fsp3) is 0.478. The summed E-state index contributed by atoms with van der Waals surface area (Å²) in [6.45, 7) is 2.69. The number of ether oxygens (including phenoxy) is 2. The molecule has 5 heteroatoms. The molecule has 28 heavy (non-hydrogen) atoms. The molecule has 2 fully saturated rings. The molecule has 0 bridgehead atoms. The van der Waals surface area contributed by atoms with Crippen LogP contribution in [0.3, 0.4) is 0 Å². The van der Waals surface area contributed by atoms with Gasteiger partial charge in [-0.15, -0.1) is 0 Å². The zero-order valence-corrected chi connectivity index (χ0v) is 16.2.